The molecule has 5 nitrogen and oxygen atoms in total. The molecule has 0 aromatic carbocycles. The molecular weight excluding hydrogens is 298 g/mol. The average molecular weight is 317 g/mol. The van der Waals surface area contributed by atoms with Gasteiger partial charge in [-0.3, -0.25) is 9.78 Å². The fraction of sp³-hybridized carbons (Fsp3) is 0.438. The van der Waals surface area contributed by atoms with Crippen molar-refractivity contribution >= 4 is 17.2 Å². The summed E-state index contributed by atoms with van der Waals surface area (Å²) < 4.78 is 5.84. The Kier molecular flexibility index (Phi) is 4.22. The average Bonchev–Trinajstić information content (AvgIpc) is 2.85. The smallest absolute Gasteiger partial charge is 0.266 e. The van der Waals surface area contributed by atoms with Crippen molar-refractivity contribution in [3.05, 3.63) is 45.2 Å². The Morgan fingerprint density at radius 3 is 2.91 bits per heavy atom. The first-order chi connectivity index (χ1) is 10.5. The van der Waals surface area contributed by atoms with E-state index in [1.807, 2.05) is 37.8 Å². The van der Waals surface area contributed by atoms with Crippen molar-refractivity contribution in [2.24, 2.45) is 0 Å². The lowest BCUT2D eigenvalue weighted by molar-refractivity contribution is -0.0227. The van der Waals surface area contributed by atoms with Crippen LogP contribution in [0.25, 0.3) is 0 Å². The lowest BCUT2D eigenvalue weighted by Gasteiger charge is -2.33. The van der Waals surface area contributed by atoms with Crippen molar-refractivity contribution in [3.8, 4) is 0 Å². The van der Waals surface area contributed by atoms with E-state index >= 15 is 0 Å². The quantitative estimate of drug-likeness (QED) is 0.854. The predicted octanol–water partition coefficient (Wildman–Crippen LogP) is 2.68. The third-order valence-electron chi connectivity index (χ3n) is 3.74. The molecule has 1 saturated heterocycles. The number of carbonyl (C=O) groups is 1. The van der Waals surface area contributed by atoms with Crippen LogP contribution in [-0.2, 0) is 4.74 Å². The van der Waals surface area contributed by atoms with Crippen LogP contribution >= 0.6 is 11.3 Å². The first-order valence-corrected chi connectivity index (χ1v) is 8.13. The van der Waals surface area contributed by atoms with Gasteiger partial charge in [-0.2, -0.15) is 0 Å². The molecule has 1 atom stereocenters. The van der Waals surface area contributed by atoms with E-state index in [0.29, 0.717) is 19.7 Å². The molecule has 0 radical (unpaired) electrons. The van der Waals surface area contributed by atoms with Crippen molar-refractivity contribution in [1.82, 2.24) is 14.9 Å². The Morgan fingerprint density at radius 1 is 1.41 bits per heavy atom. The molecule has 1 aliphatic rings. The van der Waals surface area contributed by atoms with Crippen LogP contribution < -0.4 is 0 Å². The van der Waals surface area contributed by atoms with Crippen molar-refractivity contribution in [3.63, 3.8) is 0 Å². The van der Waals surface area contributed by atoms with Gasteiger partial charge in [-0.05, 0) is 38.5 Å². The van der Waals surface area contributed by atoms with Crippen LogP contribution in [0.5, 0.6) is 0 Å². The Morgan fingerprint density at radius 2 is 2.23 bits per heavy atom. The fourth-order valence-electron chi connectivity index (χ4n) is 2.68. The number of morpholine rings is 1. The third kappa shape index (κ3) is 3.03. The van der Waals surface area contributed by atoms with E-state index in [4.69, 9.17) is 4.74 Å². The molecule has 2 aromatic rings. The second-order valence-corrected chi connectivity index (χ2v) is 6.69. The second-order valence-electron chi connectivity index (χ2n) is 5.49. The fourth-order valence-corrected chi connectivity index (χ4v) is 3.56. The van der Waals surface area contributed by atoms with E-state index in [0.717, 1.165) is 26.8 Å². The minimum Gasteiger partial charge on any atom is -0.370 e. The molecule has 1 fully saturated rings. The van der Waals surface area contributed by atoms with E-state index in [9.17, 15) is 4.79 Å². The molecule has 2 aromatic heterocycles. The van der Waals surface area contributed by atoms with Crippen LogP contribution in [0.15, 0.2) is 18.3 Å². The molecule has 6 heteroatoms. The van der Waals surface area contributed by atoms with Gasteiger partial charge in [0.05, 0.1) is 23.9 Å². The standard InChI is InChI=1S/C16H19N3O2S/c1-10-8-13(4-5-17-10)14-9-19(6-7-21-14)16(20)15-11(2)18-12(3)22-15/h4-5,8,14H,6-7,9H2,1-3H3/t14-/m0/s1. The number of hydrogen-bond donors (Lipinski definition) is 0. The highest BCUT2D eigenvalue weighted by molar-refractivity contribution is 7.13. The van der Waals surface area contributed by atoms with Crippen LogP contribution in [0.1, 0.15) is 37.7 Å². The van der Waals surface area contributed by atoms with Crippen molar-refractivity contribution in [2.45, 2.75) is 26.9 Å². The first-order valence-electron chi connectivity index (χ1n) is 7.32. The minimum absolute atomic E-state index is 0.0576. The number of thiazole rings is 1. The van der Waals surface area contributed by atoms with Crippen LogP contribution in [0.2, 0.25) is 0 Å². The van der Waals surface area contributed by atoms with Gasteiger partial charge in [-0.25, -0.2) is 4.98 Å². The summed E-state index contributed by atoms with van der Waals surface area (Å²) in [6, 6.07) is 3.97. The van der Waals surface area contributed by atoms with E-state index in [1.165, 1.54) is 11.3 Å². The monoisotopic (exact) mass is 317 g/mol. The highest BCUT2D eigenvalue weighted by atomic mass is 32.1. The summed E-state index contributed by atoms with van der Waals surface area (Å²) in [5.41, 5.74) is 2.84. The number of aromatic nitrogens is 2. The van der Waals surface area contributed by atoms with Crippen LogP contribution in [0.3, 0.4) is 0 Å². The van der Waals surface area contributed by atoms with Crippen molar-refractivity contribution in [1.29, 1.82) is 0 Å². The van der Waals surface area contributed by atoms with Crippen LogP contribution in [0.4, 0.5) is 0 Å². The van der Waals surface area contributed by atoms with Gasteiger partial charge in [0.25, 0.3) is 5.91 Å². The number of hydrogen-bond acceptors (Lipinski definition) is 5. The topological polar surface area (TPSA) is 55.3 Å². The molecule has 116 valence electrons. The van der Waals surface area contributed by atoms with Gasteiger partial charge in [0.2, 0.25) is 0 Å². The van der Waals surface area contributed by atoms with E-state index in [1.54, 1.807) is 6.20 Å². The minimum atomic E-state index is -0.0891. The number of ether oxygens (including phenoxy) is 1. The van der Waals surface area contributed by atoms with E-state index in [-0.39, 0.29) is 12.0 Å². The molecule has 3 rings (SSSR count). The lowest BCUT2D eigenvalue weighted by atomic mass is 10.1. The molecule has 0 aliphatic carbocycles. The zero-order valence-electron chi connectivity index (χ0n) is 13.0. The normalized spacial score (nSPS) is 18.5. The van der Waals surface area contributed by atoms with Gasteiger partial charge in [0, 0.05) is 18.4 Å². The summed E-state index contributed by atoms with van der Waals surface area (Å²) in [7, 11) is 0. The Balaban J connectivity index is 1.78. The SMILES string of the molecule is Cc1cc([C@@H]2CN(C(=O)c3sc(C)nc3C)CCO2)ccn1. The molecule has 0 unspecified atom stereocenters. The maximum atomic E-state index is 12.7. The molecule has 22 heavy (non-hydrogen) atoms. The van der Waals surface area contributed by atoms with E-state index < -0.39 is 0 Å². The summed E-state index contributed by atoms with van der Waals surface area (Å²) >= 11 is 1.46. The molecule has 0 spiro atoms. The number of amides is 1. The van der Waals surface area contributed by atoms with Gasteiger partial charge >= 0.3 is 0 Å². The highest BCUT2D eigenvalue weighted by Crippen LogP contribution is 2.25. The maximum Gasteiger partial charge on any atom is 0.266 e. The Bertz CT molecular complexity index is 698. The highest BCUT2D eigenvalue weighted by Gasteiger charge is 2.28. The van der Waals surface area contributed by atoms with Gasteiger partial charge < -0.3 is 9.64 Å². The summed E-state index contributed by atoms with van der Waals surface area (Å²) in [5, 5.41) is 0.926. The largest absolute Gasteiger partial charge is 0.370 e. The Hall–Kier alpha value is -1.79. The zero-order chi connectivity index (χ0) is 15.7. The number of nitrogens with zero attached hydrogens (tertiary/aromatic N) is 3. The van der Waals surface area contributed by atoms with Crippen molar-refractivity contribution < 1.29 is 9.53 Å². The summed E-state index contributed by atoms with van der Waals surface area (Å²) in [6.07, 6.45) is 1.69. The summed E-state index contributed by atoms with van der Waals surface area (Å²) in [5.74, 6) is 0.0576. The van der Waals surface area contributed by atoms with Gasteiger partial charge in [0.15, 0.2) is 0 Å². The number of rotatable bonds is 2. The summed E-state index contributed by atoms with van der Waals surface area (Å²) in [4.78, 5) is 23.9. The zero-order valence-corrected chi connectivity index (χ0v) is 13.8. The first kappa shape index (κ1) is 15.1. The molecule has 0 N–H and O–H groups in total. The van der Waals surface area contributed by atoms with Crippen LogP contribution in [-0.4, -0.2) is 40.5 Å². The number of carbonyl (C=O) groups excluding carboxylic acids is 1. The van der Waals surface area contributed by atoms with Gasteiger partial charge in [-0.15, -0.1) is 11.3 Å². The predicted molar refractivity (Wildman–Crippen MR) is 85.2 cm³/mol. The number of aryl methyl sites for hydroxylation is 3. The van der Waals surface area contributed by atoms with E-state index in [2.05, 4.69) is 9.97 Å². The molecule has 0 bridgehead atoms. The lowest BCUT2D eigenvalue weighted by Crippen LogP contribution is -2.42. The molecule has 1 aliphatic heterocycles. The van der Waals surface area contributed by atoms with Crippen molar-refractivity contribution in [2.75, 3.05) is 19.7 Å². The molecule has 3 heterocycles. The molecule has 1 amide bonds. The number of pyridine rings is 1. The second kappa shape index (κ2) is 6.14. The third-order valence-corrected chi connectivity index (χ3v) is 4.80. The maximum absolute atomic E-state index is 12.7. The molecular formula is C16H19N3O2S. The van der Waals surface area contributed by atoms with Gasteiger partial charge in [0.1, 0.15) is 11.0 Å². The Labute approximate surface area is 134 Å². The van der Waals surface area contributed by atoms with Crippen LogP contribution in [0, 0.1) is 20.8 Å². The van der Waals surface area contributed by atoms with Gasteiger partial charge in [-0.1, -0.05) is 0 Å². The molecule has 0 saturated carbocycles. The summed E-state index contributed by atoms with van der Waals surface area (Å²) in [6.45, 7) is 7.51.